The number of amides is 1. The van der Waals surface area contributed by atoms with Crippen molar-refractivity contribution in [2.24, 2.45) is 5.92 Å². The Morgan fingerprint density at radius 2 is 1.91 bits per heavy atom. The molecule has 3 aromatic rings. The van der Waals surface area contributed by atoms with E-state index in [4.69, 9.17) is 4.74 Å². The van der Waals surface area contributed by atoms with E-state index in [-0.39, 0.29) is 17.8 Å². The van der Waals surface area contributed by atoms with Gasteiger partial charge in [0, 0.05) is 25.2 Å². The smallest absolute Gasteiger partial charge is 0.217 e. The third kappa shape index (κ3) is 6.39. The summed E-state index contributed by atoms with van der Waals surface area (Å²) >= 11 is 0. The number of pyridine rings is 1. The van der Waals surface area contributed by atoms with Crippen molar-refractivity contribution in [2.75, 3.05) is 13.1 Å². The third-order valence-electron chi connectivity index (χ3n) is 6.12. The minimum atomic E-state index is -0.254. The molecule has 1 amide bonds. The SMILES string of the molecule is CC(=O)N[C@@H](c1ccccn1)C1CCN(Cc2ccccc2OCc2cccc(F)c2)CC1. The number of likely N-dealkylation sites (tertiary alicyclic amines) is 1. The Hall–Kier alpha value is -3.25. The van der Waals surface area contributed by atoms with Crippen LogP contribution in [0.3, 0.4) is 0 Å². The minimum absolute atomic E-state index is 0.0301. The van der Waals surface area contributed by atoms with E-state index in [0.29, 0.717) is 12.5 Å². The number of carbonyl (C=O) groups excluding carboxylic acids is 1. The number of carbonyl (C=O) groups is 1. The normalized spacial score (nSPS) is 15.7. The summed E-state index contributed by atoms with van der Waals surface area (Å²) in [7, 11) is 0. The molecule has 1 fully saturated rings. The quantitative estimate of drug-likeness (QED) is 0.534. The predicted molar refractivity (Wildman–Crippen MR) is 126 cm³/mol. The number of hydrogen-bond donors (Lipinski definition) is 1. The van der Waals surface area contributed by atoms with Gasteiger partial charge in [-0.2, -0.15) is 0 Å². The Balaban J connectivity index is 1.36. The highest BCUT2D eigenvalue weighted by Crippen LogP contribution is 2.31. The van der Waals surface area contributed by atoms with Crippen molar-refractivity contribution in [1.29, 1.82) is 0 Å². The van der Waals surface area contributed by atoms with Crippen LogP contribution in [-0.2, 0) is 17.9 Å². The molecule has 0 bridgehead atoms. The lowest BCUT2D eigenvalue weighted by molar-refractivity contribution is -0.120. The maximum atomic E-state index is 13.5. The van der Waals surface area contributed by atoms with Crippen molar-refractivity contribution in [1.82, 2.24) is 15.2 Å². The highest BCUT2D eigenvalue weighted by molar-refractivity contribution is 5.73. The van der Waals surface area contributed by atoms with Gasteiger partial charge in [0.1, 0.15) is 18.2 Å². The van der Waals surface area contributed by atoms with Crippen LogP contribution >= 0.6 is 0 Å². The molecular weight excluding hydrogens is 417 g/mol. The van der Waals surface area contributed by atoms with Crippen LogP contribution in [0.2, 0.25) is 0 Å². The van der Waals surface area contributed by atoms with E-state index in [0.717, 1.165) is 55.0 Å². The summed E-state index contributed by atoms with van der Waals surface area (Å²) in [5, 5.41) is 3.11. The summed E-state index contributed by atoms with van der Waals surface area (Å²) in [6, 6.07) is 20.3. The summed E-state index contributed by atoms with van der Waals surface area (Å²) in [4.78, 5) is 18.7. The van der Waals surface area contributed by atoms with Crippen LogP contribution < -0.4 is 10.1 Å². The molecule has 1 aliphatic rings. The minimum Gasteiger partial charge on any atom is -0.489 e. The van der Waals surface area contributed by atoms with E-state index in [2.05, 4.69) is 21.3 Å². The Bertz CT molecular complexity index is 1050. The monoisotopic (exact) mass is 447 g/mol. The molecule has 2 aromatic carbocycles. The number of benzene rings is 2. The van der Waals surface area contributed by atoms with Gasteiger partial charge in [0.15, 0.2) is 0 Å². The molecule has 5 nitrogen and oxygen atoms in total. The second-order valence-corrected chi connectivity index (χ2v) is 8.57. The molecule has 33 heavy (non-hydrogen) atoms. The largest absolute Gasteiger partial charge is 0.489 e. The molecule has 4 rings (SSSR count). The van der Waals surface area contributed by atoms with Gasteiger partial charge in [-0.15, -0.1) is 0 Å². The number of halogens is 1. The third-order valence-corrected chi connectivity index (χ3v) is 6.12. The Morgan fingerprint density at radius 3 is 2.64 bits per heavy atom. The molecule has 1 aliphatic heterocycles. The van der Waals surface area contributed by atoms with Crippen molar-refractivity contribution < 1.29 is 13.9 Å². The summed E-state index contributed by atoms with van der Waals surface area (Å²) < 4.78 is 19.5. The zero-order chi connectivity index (χ0) is 23.0. The first-order chi connectivity index (χ1) is 16.1. The number of nitrogens with zero attached hydrogens (tertiary/aromatic N) is 2. The first kappa shape index (κ1) is 22.9. The molecule has 1 atom stereocenters. The standard InChI is InChI=1S/C27H30FN3O2/c1-20(32)30-27(25-10-4-5-14-29-25)22-12-15-31(16-13-22)18-23-8-2-3-11-26(23)33-19-21-7-6-9-24(28)17-21/h2-11,14,17,22,27H,12-13,15-16,18-19H2,1H3,(H,30,32)/t27-/m1/s1. The van der Waals surface area contributed by atoms with Crippen molar-refractivity contribution in [3.05, 3.63) is 95.6 Å². The second kappa shape index (κ2) is 11.1. The molecule has 0 spiro atoms. The van der Waals surface area contributed by atoms with Gasteiger partial charge in [-0.1, -0.05) is 36.4 Å². The van der Waals surface area contributed by atoms with Crippen molar-refractivity contribution >= 4 is 5.91 Å². The zero-order valence-corrected chi connectivity index (χ0v) is 18.9. The van der Waals surface area contributed by atoms with Crippen molar-refractivity contribution in [3.63, 3.8) is 0 Å². The molecule has 1 N–H and O–H groups in total. The van der Waals surface area contributed by atoms with Crippen LogP contribution in [-0.4, -0.2) is 28.9 Å². The van der Waals surface area contributed by atoms with E-state index in [1.165, 1.54) is 12.1 Å². The molecule has 0 saturated carbocycles. The van der Waals surface area contributed by atoms with Crippen LogP contribution in [0.5, 0.6) is 5.75 Å². The number of hydrogen-bond acceptors (Lipinski definition) is 4. The average molecular weight is 448 g/mol. The second-order valence-electron chi connectivity index (χ2n) is 8.57. The van der Waals surface area contributed by atoms with Crippen molar-refractivity contribution in [2.45, 2.75) is 39.0 Å². The molecule has 2 heterocycles. The van der Waals surface area contributed by atoms with Gasteiger partial charge in [0.05, 0.1) is 11.7 Å². The average Bonchev–Trinajstić information content (AvgIpc) is 2.83. The number of ether oxygens (including phenoxy) is 1. The fourth-order valence-electron chi connectivity index (χ4n) is 4.46. The molecule has 172 valence electrons. The molecule has 6 heteroatoms. The molecular formula is C27H30FN3O2. The lowest BCUT2D eigenvalue weighted by atomic mass is 9.87. The van der Waals surface area contributed by atoms with E-state index in [1.807, 2.05) is 42.5 Å². The summed E-state index contributed by atoms with van der Waals surface area (Å²) in [5.41, 5.74) is 2.85. The number of rotatable bonds is 8. The Labute approximate surface area is 194 Å². The molecule has 0 radical (unpaired) electrons. The van der Waals surface area contributed by atoms with Gasteiger partial charge in [0.25, 0.3) is 0 Å². The van der Waals surface area contributed by atoms with Gasteiger partial charge >= 0.3 is 0 Å². The number of aromatic nitrogens is 1. The van der Waals surface area contributed by atoms with Crippen LogP contribution in [0.15, 0.2) is 72.9 Å². The first-order valence-electron chi connectivity index (χ1n) is 11.4. The fraction of sp³-hybridized carbons (Fsp3) is 0.333. The number of para-hydroxylation sites is 1. The maximum Gasteiger partial charge on any atom is 0.217 e. The van der Waals surface area contributed by atoms with Crippen LogP contribution in [0.25, 0.3) is 0 Å². The van der Waals surface area contributed by atoms with Gasteiger partial charge < -0.3 is 10.1 Å². The Kier molecular flexibility index (Phi) is 7.68. The van der Waals surface area contributed by atoms with E-state index in [1.54, 1.807) is 19.2 Å². The van der Waals surface area contributed by atoms with Gasteiger partial charge in [-0.3, -0.25) is 14.7 Å². The highest BCUT2D eigenvalue weighted by atomic mass is 19.1. The number of piperidine rings is 1. The topological polar surface area (TPSA) is 54.5 Å². The number of nitrogens with one attached hydrogen (secondary N) is 1. The van der Waals surface area contributed by atoms with Crippen LogP contribution in [0.4, 0.5) is 4.39 Å². The Morgan fingerprint density at radius 1 is 1.12 bits per heavy atom. The van der Waals surface area contributed by atoms with Crippen molar-refractivity contribution in [3.8, 4) is 5.75 Å². The van der Waals surface area contributed by atoms with E-state index >= 15 is 0 Å². The first-order valence-corrected chi connectivity index (χ1v) is 11.4. The molecule has 1 aromatic heterocycles. The maximum absolute atomic E-state index is 13.5. The predicted octanol–water partition coefficient (Wildman–Crippen LogP) is 4.89. The van der Waals surface area contributed by atoms with Crippen LogP contribution in [0.1, 0.15) is 42.6 Å². The van der Waals surface area contributed by atoms with Gasteiger partial charge in [0.2, 0.25) is 5.91 Å². The summed E-state index contributed by atoms with van der Waals surface area (Å²) in [5.74, 6) is 0.890. The fourth-order valence-corrected chi connectivity index (χ4v) is 4.46. The summed E-state index contributed by atoms with van der Waals surface area (Å²) in [6.45, 7) is 4.56. The van der Waals surface area contributed by atoms with Gasteiger partial charge in [-0.05, 0) is 67.7 Å². The zero-order valence-electron chi connectivity index (χ0n) is 18.9. The molecule has 0 unspecified atom stereocenters. The van der Waals surface area contributed by atoms with Gasteiger partial charge in [-0.25, -0.2) is 4.39 Å². The lowest BCUT2D eigenvalue weighted by Crippen LogP contribution is -2.40. The van der Waals surface area contributed by atoms with E-state index in [9.17, 15) is 9.18 Å². The van der Waals surface area contributed by atoms with E-state index < -0.39 is 0 Å². The molecule has 0 aliphatic carbocycles. The van der Waals surface area contributed by atoms with Crippen LogP contribution in [0, 0.1) is 11.7 Å². The highest BCUT2D eigenvalue weighted by Gasteiger charge is 2.29. The summed E-state index contributed by atoms with van der Waals surface area (Å²) in [6.07, 6.45) is 3.74. The molecule has 1 saturated heterocycles. The lowest BCUT2D eigenvalue weighted by Gasteiger charge is -2.36.